The van der Waals surface area contributed by atoms with Gasteiger partial charge in [-0.25, -0.2) is 4.98 Å². The van der Waals surface area contributed by atoms with E-state index in [2.05, 4.69) is 51.5 Å². The average molecular weight is 335 g/mol. The number of anilines is 1. The molecular weight excluding hydrogens is 306 g/mol. The highest BCUT2D eigenvalue weighted by Crippen LogP contribution is 2.15. The highest BCUT2D eigenvalue weighted by Gasteiger charge is 2.17. The summed E-state index contributed by atoms with van der Waals surface area (Å²) < 4.78 is 10.7. The van der Waals surface area contributed by atoms with E-state index in [0.29, 0.717) is 13.2 Å². The highest BCUT2D eigenvalue weighted by molar-refractivity contribution is 5.79. The van der Waals surface area contributed by atoms with Crippen molar-refractivity contribution >= 4 is 11.8 Å². The molecule has 7 heteroatoms. The molecule has 7 nitrogen and oxygen atoms in total. The van der Waals surface area contributed by atoms with Crippen LogP contribution < -0.4 is 15.5 Å². The van der Waals surface area contributed by atoms with Gasteiger partial charge in [0, 0.05) is 46.0 Å². The van der Waals surface area contributed by atoms with Crippen molar-refractivity contribution in [1.82, 2.24) is 15.6 Å². The second-order valence-corrected chi connectivity index (χ2v) is 6.08. The Hall–Kier alpha value is -1.86. The third-order valence-electron chi connectivity index (χ3n) is 3.86. The van der Waals surface area contributed by atoms with Crippen molar-refractivity contribution in [2.45, 2.75) is 32.5 Å². The molecule has 0 radical (unpaired) electrons. The first-order valence-electron chi connectivity index (χ1n) is 8.40. The van der Waals surface area contributed by atoms with Crippen LogP contribution in [0.1, 0.15) is 19.4 Å². The molecule has 2 unspecified atom stereocenters. The molecule has 2 heterocycles. The Morgan fingerprint density at radius 2 is 2.38 bits per heavy atom. The SMILES string of the molecule is CN=C(NCc1ccc(N2CCOC(C)C2)nc1)NC(C)COC. The molecule has 2 atom stereocenters. The van der Waals surface area contributed by atoms with E-state index in [9.17, 15) is 0 Å². The molecule has 0 spiro atoms. The minimum absolute atomic E-state index is 0.199. The lowest BCUT2D eigenvalue weighted by Crippen LogP contribution is -2.43. The van der Waals surface area contributed by atoms with Crippen molar-refractivity contribution in [3.05, 3.63) is 23.9 Å². The average Bonchev–Trinajstić information content (AvgIpc) is 2.59. The lowest BCUT2D eigenvalue weighted by molar-refractivity contribution is 0.0529. The van der Waals surface area contributed by atoms with Gasteiger partial charge in [-0.15, -0.1) is 0 Å². The van der Waals surface area contributed by atoms with E-state index in [0.717, 1.165) is 37.0 Å². The molecule has 24 heavy (non-hydrogen) atoms. The van der Waals surface area contributed by atoms with E-state index < -0.39 is 0 Å². The van der Waals surface area contributed by atoms with Crippen LogP contribution in [-0.2, 0) is 16.0 Å². The van der Waals surface area contributed by atoms with Crippen LogP contribution in [0.15, 0.2) is 23.3 Å². The van der Waals surface area contributed by atoms with Crippen LogP contribution in [0.4, 0.5) is 5.82 Å². The maximum absolute atomic E-state index is 5.57. The molecule has 1 aliphatic heterocycles. The smallest absolute Gasteiger partial charge is 0.191 e. The summed E-state index contributed by atoms with van der Waals surface area (Å²) in [5.41, 5.74) is 1.11. The van der Waals surface area contributed by atoms with E-state index in [1.165, 1.54) is 0 Å². The standard InChI is InChI=1S/C17H29N5O2/c1-13(12-23-4)21-17(18-3)20-10-15-5-6-16(19-9-15)22-7-8-24-14(2)11-22/h5-6,9,13-14H,7-8,10-12H2,1-4H3,(H2,18,20,21). The number of morpholine rings is 1. The lowest BCUT2D eigenvalue weighted by Gasteiger charge is -2.32. The fraction of sp³-hybridized carbons (Fsp3) is 0.647. The van der Waals surface area contributed by atoms with E-state index in [1.54, 1.807) is 14.2 Å². The van der Waals surface area contributed by atoms with Crippen molar-refractivity contribution in [2.24, 2.45) is 4.99 Å². The Bertz CT molecular complexity index is 520. The van der Waals surface area contributed by atoms with Gasteiger partial charge in [0.15, 0.2) is 5.96 Å². The Morgan fingerprint density at radius 1 is 1.54 bits per heavy atom. The Morgan fingerprint density at radius 3 is 3.00 bits per heavy atom. The Labute approximate surface area is 144 Å². The first-order chi connectivity index (χ1) is 11.6. The monoisotopic (exact) mass is 335 g/mol. The molecule has 0 amide bonds. The van der Waals surface area contributed by atoms with Crippen LogP contribution in [0.5, 0.6) is 0 Å². The number of ether oxygens (including phenoxy) is 2. The van der Waals surface area contributed by atoms with Crippen molar-refractivity contribution in [2.75, 3.05) is 45.4 Å². The molecule has 1 fully saturated rings. The van der Waals surface area contributed by atoms with Crippen molar-refractivity contribution in [3.8, 4) is 0 Å². The van der Waals surface area contributed by atoms with Gasteiger partial charge in [-0.3, -0.25) is 4.99 Å². The molecule has 0 aromatic carbocycles. The molecule has 0 aliphatic carbocycles. The minimum atomic E-state index is 0.199. The van der Waals surface area contributed by atoms with E-state index >= 15 is 0 Å². The molecule has 1 aromatic rings. The van der Waals surface area contributed by atoms with Gasteiger partial charge in [-0.05, 0) is 25.5 Å². The molecule has 1 saturated heterocycles. The van der Waals surface area contributed by atoms with Crippen molar-refractivity contribution in [1.29, 1.82) is 0 Å². The summed E-state index contributed by atoms with van der Waals surface area (Å²) in [5, 5.41) is 6.57. The van der Waals surface area contributed by atoms with Crippen LogP contribution in [0.25, 0.3) is 0 Å². The van der Waals surface area contributed by atoms with Crippen LogP contribution in [0.2, 0.25) is 0 Å². The van der Waals surface area contributed by atoms with Crippen LogP contribution in [0, 0.1) is 0 Å². The first-order valence-corrected chi connectivity index (χ1v) is 8.40. The molecule has 2 rings (SSSR count). The zero-order chi connectivity index (χ0) is 17.4. The Kier molecular flexibility index (Phi) is 7.27. The van der Waals surface area contributed by atoms with Gasteiger partial charge in [0.1, 0.15) is 5.82 Å². The summed E-state index contributed by atoms with van der Waals surface area (Å²) >= 11 is 0. The number of rotatable bonds is 6. The molecule has 0 bridgehead atoms. The second kappa shape index (κ2) is 9.44. The van der Waals surface area contributed by atoms with Gasteiger partial charge in [-0.1, -0.05) is 6.07 Å². The number of nitrogens with zero attached hydrogens (tertiary/aromatic N) is 3. The number of hydrogen-bond donors (Lipinski definition) is 2. The number of aliphatic imine (C=N–C) groups is 1. The molecule has 0 saturated carbocycles. The molecule has 2 N–H and O–H groups in total. The van der Waals surface area contributed by atoms with Gasteiger partial charge in [0.25, 0.3) is 0 Å². The van der Waals surface area contributed by atoms with Gasteiger partial charge in [0.05, 0.1) is 19.3 Å². The van der Waals surface area contributed by atoms with Crippen molar-refractivity contribution in [3.63, 3.8) is 0 Å². The second-order valence-electron chi connectivity index (χ2n) is 6.08. The number of methoxy groups -OCH3 is 1. The fourth-order valence-corrected chi connectivity index (χ4v) is 2.64. The van der Waals surface area contributed by atoms with E-state index in [-0.39, 0.29) is 12.1 Å². The summed E-state index contributed by atoms with van der Waals surface area (Å²) in [6.07, 6.45) is 2.17. The summed E-state index contributed by atoms with van der Waals surface area (Å²) in [6.45, 7) is 7.99. The lowest BCUT2D eigenvalue weighted by atomic mass is 10.2. The van der Waals surface area contributed by atoms with Crippen molar-refractivity contribution < 1.29 is 9.47 Å². The largest absolute Gasteiger partial charge is 0.383 e. The maximum atomic E-state index is 5.57. The highest BCUT2D eigenvalue weighted by atomic mass is 16.5. The predicted octanol–water partition coefficient (Wildman–Crippen LogP) is 1.01. The fourth-order valence-electron chi connectivity index (χ4n) is 2.64. The van der Waals surface area contributed by atoms with Gasteiger partial charge in [-0.2, -0.15) is 0 Å². The van der Waals surface area contributed by atoms with Gasteiger partial charge in [0.2, 0.25) is 0 Å². The van der Waals surface area contributed by atoms with Crippen LogP contribution in [-0.4, -0.2) is 63.6 Å². The number of guanidine groups is 1. The summed E-state index contributed by atoms with van der Waals surface area (Å²) in [6, 6.07) is 4.37. The quantitative estimate of drug-likeness (QED) is 0.597. The van der Waals surface area contributed by atoms with E-state index in [4.69, 9.17) is 9.47 Å². The van der Waals surface area contributed by atoms with E-state index in [1.807, 2.05) is 6.20 Å². The number of pyridine rings is 1. The van der Waals surface area contributed by atoms with Crippen LogP contribution >= 0.6 is 0 Å². The summed E-state index contributed by atoms with van der Waals surface area (Å²) in [7, 11) is 3.45. The zero-order valence-electron chi connectivity index (χ0n) is 15.1. The summed E-state index contributed by atoms with van der Waals surface area (Å²) in [5.74, 6) is 1.76. The molecular formula is C17H29N5O2. The third-order valence-corrected chi connectivity index (χ3v) is 3.86. The maximum Gasteiger partial charge on any atom is 0.191 e. The molecule has 134 valence electrons. The molecule has 1 aromatic heterocycles. The predicted molar refractivity (Wildman–Crippen MR) is 96.5 cm³/mol. The Balaban J connectivity index is 1.84. The van der Waals surface area contributed by atoms with Gasteiger partial charge < -0.3 is 25.0 Å². The van der Waals surface area contributed by atoms with Gasteiger partial charge >= 0.3 is 0 Å². The summed E-state index contributed by atoms with van der Waals surface area (Å²) in [4.78, 5) is 11.1. The minimum Gasteiger partial charge on any atom is -0.383 e. The first kappa shape index (κ1) is 18.5. The zero-order valence-corrected chi connectivity index (χ0v) is 15.1. The number of nitrogens with one attached hydrogen (secondary N) is 2. The number of aromatic nitrogens is 1. The topological polar surface area (TPSA) is 71.0 Å². The normalized spacial score (nSPS) is 19.9. The third kappa shape index (κ3) is 5.65. The number of hydrogen-bond acceptors (Lipinski definition) is 5. The molecule has 1 aliphatic rings. The van der Waals surface area contributed by atoms with Crippen LogP contribution in [0.3, 0.4) is 0 Å².